The van der Waals surface area contributed by atoms with Crippen molar-refractivity contribution < 1.29 is 0 Å². The van der Waals surface area contributed by atoms with Crippen LogP contribution in [0.4, 0.5) is 0 Å². The second-order valence-electron chi connectivity index (χ2n) is 13.9. The topological polar surface area (TPSA) is 12.0 Å². The third kappa shape index (κ3) is 11.5. The fraction of sp³-hybridized carbons (Fsp3) is 0.367. The van der Waals surface area contributed by atoms with Gasteiger partial charge >= 0.3 is 0 Å². The average molecular weight is 816 g/mol. The van der Waals surface area contributed by atoms with Gasteiger partial charge in [-0.2, -0.15) is 0 Å². The largest absolute Gasteiger partial charge is 0.313 e. The Kier molecular flexibility index (Phi) is 23.8. The monoisotopic (exact) mass is 816 g/mol. The van der Waals surface area contributed by atoms with Crippen LogP contribution < -0.4 is 5.32 Å². The first-order valence-corrected chi connectivity index (χ1v) is 24.0. The van der Waals surface area contributed by atoms with E-state index in [0.717, 1.165) is 32.1 Å². The summed E-state index contributed by atoms with van der Waals surface area (Å²) in [6, 6.07) is 50.4. The van der Waals surface area contributed by atoms with E-state index < -0.39 is 0 Å². The number of hydrogen-bond acceptors (Lipinski definition) is 1. The van der Waals surface area contributed by atoms with Gasteiger partial charge in [0.1, 0.15) is 0 Å². The van der Waals surface area contributed by atoms with E-state index in [1.807, 2.05) is 83.1 Å². The molecule has 0 saturated carbocycles. The number of rotatable bonds is 9. The van der Waals surface area contributed by atoms with Gasteiger partial charge < -0.3 is 5.32 Å². The molecule has 1 N–H and O–H groups in total. The molecular weight excluding hydrogens is 735 g/mol. The first-order valence-electron chi connectivity index (χ1n) is 24.0. The van der Waals surface area contributed by atoms with Crippen molar-refractivity contribution in [2.45, 2.75) is 140 Å². The molecule has 6 aromatic carbocycles. The number of hydrogen-bond donors (Lipinski definition) is 1. The predicted octanol–water partition coefficient (Wildman–Crippen LogP) is 18.2. The predicted molar refractivity (Wildman–Crippen MR) is 276 cm³/mol. The van der Waals surface area contributed by atoms with Crippen molar-refractivity contribution in [3.05, 3.63) is 190 Å². The summed E-state index contributed by atoms with van der Waals surface area (Å²) in [5, 5.41) is 6.32. The van der Waals surface area contributed by atoms with Crippen molar-refractivity contribution in [2.24, 2.45) is 0 Å². The van der Waals surface area contributed by atoms with E-state index in [0.29, 0.717) is 6.04 Å². The summed E-state index contributed by atoms with van der Waals surface area (Å²) in [4.78, 5) is 0. The molecule has 0 saturated heterocycles. The highest BCUT2D eigenvalue weighted by Crippen LogP contribution is 2.59. The van der Waals surface area contributed by atoms with Crippen molar-refractivity contribution in [1.82, 2.24) is 5.32 Å². The molecule has 0 heterocycles. The highest BCUT2D eigenvalue weighted by molar-refractivity contribution is 5.88. The maximum Gasteiger partial charge on any atom is 0.0715 e. The van der Waals surface area contributed by atoms with Gasteiger partial charge in [0.05, 0.1) is 5.41 Å². The SMILES string of the molecule is CC.CC.CC.CC.CC.CC.CNC(CCCc1cccc2ccccc12)c1ccc(-c2ccc(C)c(C3(C4=CCCC=C4C)c4ccccc4-c4ccccc43)c2)cc1. The van der Waals surface area contributed by atoms with Crippen LogP contribution in [0.3, 0.4) is 0 Å². The van der Waals surface area contributed by atoms with Crippen molar-refractivity contribution >= 4 is 10.8 Å². The molecule has 0 aliphatic heterocycles. The Morgan fingerprint density at radius 2 is 1.05 bits per heavy atom. The van der Waals surface area contributed by atoms with Crippen molar-refractivity contribution in [3.8, 4) is 22.3 Å². The molecule has 0 spiro atoms. The summed E-state index contributed by atoms with van der Waals surface area (Å²) in [7, 11) is 2.09. The fourth-order valence-corrected chi connectivity index (χ4v) is 8.81. The van der Waals surface area contributed by atoms with E-state index in [-0.39, 0.29) is 5.41 Å². The molecule has 1 unspecified atom stereocenters. The van der Waals surface area contributed by atoms with Crippen molar-refractivity contribution in [2.75, 3.05) is 7.05 Å². The summed E-state index contributed by atoms with van der Waals surface area (Å²) in [5.74, 6) is 0. The standard InChI is InChI=1S/C48H45N.6C2H6/c1-33-14-4-9-22-43(33)48(44-23-10-7-20-41(44)42-21-8-11-24-45(42)48)46-32-39(27-26-34(46)2)35-28-30-38(31-29-35)47(49-3)25-13-18-37-17-12-16-36-15-5-6-19-40(36)37;6*1-2/h5-8,10-12,14-17,19-24,26-32,47,49H,4,9,13,18,25H2,1-3H3;6*1-2H3. The van der Waals surface area contributed by atoms with Crippen LogP contribution in [0.15, 0.2) is 157 Å². The molecule has 0 amide bonds. The Balaban J connectivity index is 0.000000985. The maximum atomic E-state index is 3.61. The minimum atomic E-state index is -0.352. The van der Waals surface area contributed by atoms with Gasteiger partial charge in [0, 0.05) is 6.04 Å². The normalized spacial score (nSPS) is 12.9. The zero-order valence-corrected chi connectivity index (χ0v) is 41.0. The molecule has 326 valence electrons. The second kappa shape index (κ2) is 27.8. The number of aryl methyl sites for hydroxylation is 2. The summed E-state index contributed by atoms with van der Waals surface area (Å²) in [6.07, 6.45) is 10.5. The van der Waals surface area contributed by atoms with E-state index in [1.54, 1.807) is 0 Å². The first kappa shape index (κ1) is 52.2. The van der Waals surface area contributed by atoms with Crippen LogP contribution in [-0.2, 0) is 11.8 Å². The van der Waals surface area contributed by atoms with E-state index in [2.05, 4.69) is 172 Å². The van der Waals surface area contributed by atoms with Crippen LogP contribution in [0.5, 0.6) is 0 Å². The molecule has 0 radical (unpaired) electrons. The van der Waals surface area contributed by atoms with Gasteiger partial charge in [-0.3, -0.25) is 0 Å². The molecule has 0 bridgehead atoms. The van der Waals surface area contributed by atoms with Gasteiger partial charge in [-0.05, 0) is 131 Å². The van der Waals surface area contributed by atoms with E-state index >= 15 is 0 Å². The van der Waals surface area contributed by atoms with Gasteiger partial charge in [0.2, 0.25) is 0 Å². The molecular formula is C60H81N. The molecule has 61 heavy (non-hydrogen) atoms. The maximum absolute atomic E-state index is 3.61. The minimum absolute atomic E-state index is 0.320. The quantitative estimate of drug-likeness (QED) is 0.153. The lowest BCUT2D eigenvalue weighted by Crippen LogP contribution is -2.32. The molecule has 2 aliphatic carbocycles. The summed E-state index contributed by atoms with van der Waals surface area (Å²) in [5.41, 5.74) is 16.0. The molecule has 2 aliphatic rings. The molecule has 0 aromatic heterocycles. The number of nitrogens with one attached hydrogen (secondary N) is 1. The fourth-order valence-electron chi connectivity index (χ4n) is 8.81. The van der Waals surface area contributed by atoms with Crippen LogP contribution in [-0.4, -0.2) is 7.05 Å². The van der Waals surface area contributed by atoms with Crippen LogP contribution in [0, 0.1) is 6.92 Å². The highest BCUT2D eigenvalue weighted by Gasteiger charge is 2.48. The van der Waals surface area contributed by atoms with Crippen molar-refractivity contribution in [3.63, 3.8) is 0 Å². The number of allylic oxidation sites excluding steroid dienone is 4. The van der Waals surface area contributed by atoms with Gasteiger partial charge in [0.25, 0.3) is 0 Å². The van der Waals surface area contributed by atoms with E-state index in [1.165, 1.54) is 77.6 Å². The molecule has 6 aromatic rings. The van der Waals surface area contributed by atoms with Crippen LogP contribution >= 0.6 is 0 Å². The smallest absolute Gasteiger partial charge is 0.0715 e. The first-order chi connectivity index (χ1) is 30.1. The van der Waals surface area contributed by atoms with Crippen LogP contribution in [0.1, 0.15) is 155 Å². The van der Waals surface area contributed by atoms with Crippen LogP contribution in [0.2, 0.25) is 0 Å². The molecule has 1 nitrogen and oxygen atoms in total. The Hall–Kier alpha value is -4.98. The summed E-state index contributed by atoms with van der Waals surface area (Å²) >= 11 is 0. The minimum Gasteiger partial charge on any atom is -0.313 e. The molecule has 0 fully saturated rings. The Labute approximate surface area is 374 Å². The van der Waals surface area contributed by atoms with E-state index in [9.17, 15) is 0 Å². The lowest BCUT2D eigenvalue weighted by atomic mass is 9.63. The Bertz CT molecular complexity index is 2160. The molecule has 1 atom stereocenters. The molecule has 1 heteroatoms. The highest BCUT2D eigenvalue weighted by atomic mass is 14.9. The van der Waals surface area contributed by atoms with Crippen LogP contribution in [0.25, 0.3) is 33.0 Å². The lowest BCUT2D eigenvalue weighted by Gasteiger charge is -2.39. The van der Waals surface area contributed by atoms with E-state index in [4.69, 9.17) is 0 Å². The second-order valence-corrected chi connectivity index (χ2v) is 13.9. The number of fused-ring (bicyclic) bond motifs is 4. The molecule has 8 rings (SSSR count). The number of benzene rings is 6. The van der Waals surface area contributed by atoms with Crippen molar-refractivity contribution in [1.29, 1.82) is 0 Å². The average Bonchev–Trinajstić information content (AvgIpc) is 3.65. The summed E-state index contributed by atoms with van der Waals surface area (Å²) in [6.45, 7) is 28.6. The Morgan fingerprint density at radius 1 is 0.525 bits per heavy atom. The summed E-state index contributed by atoms with van der Waals surface area (Å²) < 4.78 is 0. The zero-order valence-electron chi connectivity index (χ0n) is 41.0. The van der Waals surface area contributed by atoms with Gasteiger partial charge in [-0.15, -0.1) is 0 Å². The van der Waals surface area contributed by atoms with Gasteiger partial charge in [0.15, 0.2) is 0 Å². The third-order valence-corrected chi connectivity index (χ3v) is 11.2. The van der Waals surface area contributed by atoms with Gasteiger partial charge in [-0.1, -0.05) is 228 Å². The van der Waals surface area contributed by atoms with Gasteiger partial charge in [-0.25, -0.2) is 0 Å². The Morgan fingerprint density at radius 3 is 1.64 bits per heavy atom. The zero-order chi connectivity index (χ0) is 45.4. The third-order valence-electron chi connectivity index (χ3n) is 11.2. The lowest BCUT2D eigenvalue weighted by molar-refractivity contribution is 0.527.